The fraction of sp³-hybridized carbons (Fsp3) is 0.280. The van der Waals surface area contributed by atoms with Crippen molar-refractivity contribution in [2.45, 2.75) is 32.7 Å². The SMILES string of the molecule is Cc1ccc(C(=O)[C@H](C)N(C(=O)c2ccc(Cl)cc2Cl)N2C(=O)[C@H]3CC=CC[C@H]3C2=O)cc1. The Morgan fingerprint density at radius 1 is 0.970 bits per heavy atom. The first kappa shape index (κ1) is 23.2. The number of carbonyl (C=O) groups excluding carboxylic acids is 4. The fourth-order valence-electron chi connectivity index (χ4n) is 4.29. The maximum atomic E-state index is 13.7. The van der Waals surface area contributed by atoms with Gasteiger partial charge in [-0.3, -0.25) is 19.2 Å². The molecule has 1 aliphatic heterocycles. The van der Waals surface area contributed by atoms with E-state index in [2.05, 4.69) is 0 Å². The van der Waals surface area contributed by atoms with E-state index in [1.807, 2.05) is 19.1 Å². The van der Waals surface area contributed by atoms with Gasteiger partial charge in [-0.2, -0.15) is 5.01 Å². The number of carbonyl (C=O) groups is 4. The van der Waals surface area contributed by atoms with Crippen molar-refractivity contribution >= 4 is 46.7 Å². The molecule has 0 unspecified atom stereocenters. The predicted molar refractivity (Wildman–Crippen MR) is 125 cm³/mol. The zero-order chi connectivity index (χ0) is 23.9. The Bertz CT molecular complexity index is 1150. The Morgan fingerprint density at radius 3 is 2.09 bits per heavy atom. The van der Waals surface area contributed by atoms with Crippen molar-refractivity contribution in [3.8, 4) is 0 Å². The minimum atomic E-state index is -1.13. The lowest BCUT2D eigenvalue weighted by molar-refractivity contribution is -0.156. The number of nitrogens with zero attached hydrogens (tertiary/aromatic N) is 2. The van der Waals surface area contributed by atoms with Gasteiger partial charge in [0.25, 0.3) is 17.7 Å². The predicted octanol–water partition coefficient (Wildman–Crippen LogP) is 4.88. The third kappa shape index (κ3) is 4.21. The summed E-state index contributed by atoms with van der Waals surface area (Å²) in [7, 11) is 0. The zero-order valence-electron chi connectivity index (χ0n) is 18.1. The Balaban J connectivity index is 1.77. The lowest BCUT2D eigenvalue weighted by Crippen LogP contribution is -2.56. The summed E-state index contributed by atoms with van der Waals surface area (Å²) in [5.41, 5.74) is 1.38. The van der Waals surface area contributed by atoms with Crippen molar-refractivity contribution in [3.63, 3.8) is 0 Å². The molecule has 0 aromatic heterocycles. The number of benzene rings is 2. The summed E-state index contributed by atoms with van der Waals surface area (Å²) >= 11 is 12.2. The van der Waals surface area contributed by atoms with Crippen LogP contribution in [-0.4, -0.2) is 39.6 Å². The molecule has 6 nitrogen and oxygen atoms in total. The van der Waals surface area contributed by atoms with Crippen LogP contribution in [0.5, 0.6) is 0 Å². The standard InChI is InChI=1S/C25H22Cl2N2O4/c1-14-7-9-16(10-8-14)22(30)15(2)28(25(33)20-12-11-17(26)13-21(20)27)29-23(31)18-5-3-4-6-19(18)24(29)32/h3-4,7-13,15,18-19H,5-6H2,1-2H3/t15-,18-,19+/m0/s1. The number of allylic oxidation sites excluding steroid dienone is 2. The molecular weight excluding hydrogens is 463 g/mol. The number of fused-ring (bicyclic) bond motifs is 1. The first-order valence-electron chi connectivity index (χ1n) is 10.6. The lowest BCUT2D eigenvalue weighted by atomic mass is 9.85. The largest absolute Gasteiger partial charge is 0.292 e. The molecule has 0 N–H and O–H groups in total. The number of Topliss-reactive ketones (excluding diaryl/α,β-unsaturated/α-hetero) is 1. The van der Waals surface area contributed by atoms with Crippen LogP contribution < -0.4 is 0 Å². The monoisotopic (exact) mass is 484 g/mol. The highest BCUT2D eigenvalue weighted by molar-refractivity contribution is 6.36. The summed E-state index contributed by atoms with van der Waals surface area (Å²) < 4.78 is 0. The van der Waals surface area contributed by atoms with Gasteiger partial charge in [-0.1, -0.05) is 65.2 Å². The number of halogens is 2. The van der Waals surface area contributed by atoms with E-state index >= 15 is 0 Å². The van der Waals surface area contributed by atoms with E-state index in [0.717, 1.165) is 15.6 Å². The normalized spacial score (nSPS) is 20.5. The van der Waals surface area contributed by atoms with E-state index in [1.165, 1.54) is 25.1 Å². The Labute approximate surface area is 201 Å². The minimum absolute atomic E-state index is 0.0400. The second-order valence-electron chi connectivity index (χ2n) is 8.32. The first-order chi connectivity index (χ1) is 15.7. The first-order valence-corrected chi connectivity index (χ1v) is 11.4. The molecule has 3 amide bonds. The van der Waals surface area contributed by atoms with Crippen molar-refractivity contribution in [1.82, 2.24) is 10.0 Å². The maximum Gasteiger partial charge on any atom is 0.275 e. The van der Waals surface area contributed by atoms with Crippen LogP contribution in [-0.2, 0) is 9.59 Å². The molecule has 0 bridgehead atoms. The van der Waals surface area contributed by atoms with Crippen LogP contribution in [0.15, 0.2) is 54.6 Å². The van der Waals surface area contributed by atoms with Crippen molar-refractivity contribution in [2.75, 3.05) is 0 Å². The summed E-state index contributed by atoms with van der Waals surface area (Å²) in [6, 6.07) is 10.1. The third-order valence-corrected chi connectivity index (χ3v) is 6.70. The van der Waals surface area contributed by atoms with Crippen molar-refractivity contribution in [2.24, 2.45) is 11.8 Å². The van der Waals surface area contributed by atoms with Gasteiger partial charge < -0.3 is 0 Å². The van der Waals surface area contributed by atoms with Gasteiger partial charge in [-0.25, -0.2) is 5.01 Å². The summed E-state index contributed by atoms with van der Waals surface area (Å²) in [6.45, 7) is 3.40. The van der Waals surface area contributed by atoms with Crippen molar-refractivity contribution < 1.29 is 19.2 Å². The van der Waals surface area contributed by atoms with Crippen LogP contribution >= 0.6 is 23.2 Å². The van der Waals surface area contributed by atoms with Crippen LogP contribution in [0.2, 0.25) is 10.0 Å². The lowest BCUT2D eigenvalue weighted by Gasteiger charge is -2.35. The van der Waals surface area contributed by atoms with E-state index in [-0.39, 0.29) is 10.6 Å². The van der Waals surface area contributed by atoms with Crippen LogP contribution in [0, 0.1) is 18.8 Å². The second kappa shape index (κ2) is 9.12. The molecule has 2 aromatic carbocycles. The summed E-state index contributed by atoms with van der Waals surface area (Å²) in [4.78, 5) is 53.6. The third-order valence-electron chi connectivity index (χ3n) is 6.15. The summed E-state index contributed by atoms with van der Waals surface area (Å²) in [5, 5.41) is 2.20. The van der Waals surface area contributed by atoms with Gasteiger partial charge in [0, 0.05) is 10.6 Å². The van der Waals surface area contributed by atoms with Gasteiger partial charge in [-0.15, -0.1) is 0 Å². The van der Waals surface area contributed by atoms with Gasteiger partial charge in [0.1, 0.15) is 6.04 Å². The highest BCUT2D eigenvalue weighted by Gasteiger charge is 2.52. The van der Waals surface area contributed by atoms with Crippen LogP contribution in [0.4, 0.5) is 0 Å². The fourth-order valence-corrected chi connectivity index (χ4v) is 4.78. The number of ketones is 1. The smallest absolute Gasteiger partial charge is 0.275 e. The van der Waals surface area contributed by atoms with E-state index in [1.54, 1.807) is 24.3 Å². The molecule has 2 aliphatic rings. The van der Waals surface area contributed by atoms with E-state index in [9.17, 15) is 19.2 Å². The number of rotatable bonds is 5. The number of hydrogen-bond donors (Lipinski definition) is 0. The minimum Gasteiger partial charge on any atom is -0.292 e. The quantitative estimate of drug-likeness (QED) is 0.344. The summed E-state index contributed by atoms with van der Waals surface area (Å²) in [6.07, 6.45) is 4.55. The Hall–Kier alpha value is -2.96. The van der Waals surface area contributed by atoms with Gasteiger partial charge in [0.05, 0.1) is 22.4 Å². The molecule has 8 heteroatoms. The van der Waals surface area contributed by atoms with Crippen molar-refractivity contribution in [1.29, 1.82) is 0 Å². The Morgan fingerprint density at radius 2 is 1.55 bits per heavy atom. The molecule has 1 fully saturated rings. The number of hydrogen-bond acceptors (Lipinski definition) is 4. The molecule has 2 aromatic rings. The van der Waals surface area contributed by atoms with Crippen molar-refractivity contribution in [3.05, 3.63) is 81.4 Å². The number of imide groups is 1. The number of aryl methyl sites for hydroxylation is 1. The van der Waals surface area contributed by atoms with Gasteiger partial charge in [-0.05, 0) is 44.9 Å². The Kier molecular flexibility index (Phi) is 6.41. The molecule has 33 heavy (non-hydrogen) atoms. The molecule has 1 saturated heterocycles. The maximum absolute atomic E-state index is 13.7. The van der Waals surface area contributed by atoms with E-state index < -0.39 is 41.4 Å². The molecule has 0 saturated carbocycles. The average Bonchev–Trinajstić information content (AvgIpc) is 3.04. The highest BCUT2D eigenvalue weighted by Crippen LogP contribution is 2.37. The molecule has 0 radical (unpaired) electrons. The molecule has 1 heterocycles. The highest BCUT2D eigenvalue weighted by atomic mass is 35.5. The number of amides is 3. The molecule has 3 atom stereocenters. The molecule has 0 spiro atoms. The molecule has 170 valence electrons. The van der Waals surface area contributed by atoms with Gasteiger partial charge >= 0.3 is 0 Å². The van der Waals surface area contributed by atoms with Gasteiger partial charge in [0.2, 0.25) is 0 Å². The molecular formula is C25H22Cl2N2O4. The molecule has 4 rings (SSSR count). The topological polar surface area (TPSA) is 74.8 Å². The van der Waals surface area contributed by atoms with Crippen LogP contribution in [0.25, 0.3) is 0 Å². The van der Waals surface area contributed by atoms with E-state index in [4.69, 9.17) is 23.2 Å². The summed E-state index contributed by atoms with van der Waals surface area (Å²) in [5.74, 6) is -3.21. The van der Waals surface area contributed by atoms with E-state index in [0.29, 0.717) is 23.4 Å². The second-order valence-corrected chi connectivity index (χ2v) is 9.17. The number of hydrazine groups is 1. The van der Waals surface area contributed by atoms with Crippen LogP contribution in [0.3, 0.4) is 0 Å². The average molecular weight is 485 g/mol. The zero-order valence-corrected chi connectivity index (χ0v) is 19.6. The molecule has 1 aliphatic carbocycles. The van der Waals surface area contributed by atoms with Gasteiger partial charge in [0.15, 0.2) is 5.78 Å². The van der Waals surface area contributed by atoms with Crippen LogP contribution in [0.1, 0.15) is 46.0 Å².